The minimum Gasteiger partial charge on any atom is -0.453 e. The molecule has 5 aromatic rings. The predicted octanol–water partition coefficient (Wildman–Crippen LogP) is 6.91. The van der Waals surface area contributed by atoms with Crippen molar-refractivity contribution in [2.45, 2.75) is 75.8 Å². The summed E-state index contributed by atoms with van der Waals surface area (Å²) >= 11 is 0. The Kier molecular flexibility index (Phi) is 11.1. The number of aromatic amines is 2. The van der Waals surface area contributed by atoms with Gasteiger partial charge in [0.05, 0.1) is 54.8 Å². The molecule has 4 atom stereocenters. The van der Waals surface area contributed by atoms with Gasteiger partial charge in [-0.1, -0.05) is 43.3 Å². The van der Waals surface area contributed by atoms with Gasteiger partial charge in [0, 0.05) is 13.1 Å². The summed E-state index contributed by atoms with van der Waals surface area (Å²) in [4.78, 5) is 69.7. The number of hydrogen-bond acceptors (Lipinski definition) is 8. The van der Waals surface area contributed by atoms with Crippen LogP contribution in [0.15, 0.2) is 60.7 Å². The number of halogens is 3. The van der Waals surface area contributed by atoms with E-state index >= 15 is 0 Å². The van der Waals surface area contributed by atoms with Gasteiger partial charge in [0.2, 0.25) is 11.8 Å². The van der Waals surface area contributed by atoms with E-state index in [9.17, 15) is 32.3 Å². The van der Waals surface area contributed by atoms with Gasteiger partial charge in [0.1, 0.15) is 23.7 Å². The van der Waals surface area contributed by atoms with Gasteiger partial charge in [-0.25, -0.2) is 19.6 Å². The van der Waals surface area contributed by atoms with Crippen molar-refractivity contribution in [1.29, 1.82) is 0 Å². The van der Waals surface area contributed by atoms with Crippen LogP contribution in [-0.2, 0) is 19.1 Å². The number of benzene rings is 3. The van der Waals surface area contributed by atoms with Crippen LogP contribution < -0.4 is 10.6 Å². The van der Waals surface area contributed by atoms with Crippen molar-refractivity contribution in [3.63, 3.8) is 0 Å². The van der Waals surface area contributed by atoms with E-state index in [-0.39, 0.29) is 18.5 Å². The zero-order chi connectivity index (χ0) is 40.4. The molecule has 7 rings (SSSR count). The van der Waals surface area contributed by atoms with Crippen LogP contribution in [0.1, 0.15) is 69.2 Å². The van der Waals surface area contributed by atoms with Crippen molar-refractivity contribution in [3.05, 3.63) is 72.3 Å². The minimum absolute atomic E-state index is 0.168. The second kappa shape index (κ2) is 16.2. The van der Waals surface area contributed by atoms with Gasteiger partial charge in [0.25, 0.3) is 0 Å². The van der Waals surface area contributed by atoms with E-state index in [4.69, 9.17) is 9.72 Å². The van der Waals surface area contributed by atoms with E-state index in [1.165, 1.54) is 12.0 Å². The summed E-state index contributed by atoms with van der Waals surface area (Å²) in [7, 11) is 2.29. The Balaban J connectivity index is 1.06. The number of carbonyl (C=O) groups is 4. The van der Waals surface area contributed by atoms with Crippen LogP contribution in [0.25, 0.3) is 44.3 Å². The molecule has 0 aliphatic carbocycles. The molecule has 2 aliphatic rings. The molecule has 0 unspecified atom stereocenters. The summed E-state index contributed by atoms with van der Waals surface area (Å²) in [6.07, 6.45) is -4.91. The molecule has 2 aliphatic heterocycles. The Morgan fingerprint density at radius 1 is 0.719 bits per heavy atom. The maximum Gasteiger partial charge on any atom is 0.407 e. The number of rotatable bonds is 10. The zero-order valence-electron chi connectivity index (χ0n) is 31.6. The van der Waals surface area contributed by atoms with Gasteiger partial charge in [-0.2, -0.15) is 13.2 Å². The number of imidazole rings is 2. The Morgan fingerprint density at radius 2 is 1.14 bits per heavy atom. The second-order valence-electron chi connectivity index (χ2n) is 14.3. The average molecular weight is 789 g/mol. The number of H-pyrrole nitrogens is 2. The number of nitrogens with zero attached hydrogens (tertiary/aromatic N) is 4. The first kappa shape index (κ1) is 39.1. The lowest BCUT2D eigenvalue weighted by Gasteiger charge is -2.28. The third kappa shape index (κ3) is 8.37. The van der Waals surface area contributed by atoms with Crippen LogP contribution in [0.3, 0.4) is 0 Å². The van der Waals surface area contributed by atoms with Crippen molar-refractivity contribution >= 4 is 46.1 Å². The van der Waals surface area contributed by atoms with Crippen LogP contribution in [0.5, 0.6) is 0 Å². The number of amides is 4. The topological polar surface area (TPSA) is 175 Å². The second-order valence-corrected chi connectivity index (χ2v) is 14.3. The number of aromatic nitrogens is 4. The van der Waals surface area contributed by atoms with Crippen LogP contribution in [0, 0.1) is 0 Å². The largest absolute Gasteiger partial charge is 0.453 e. The highest BCUT2D eigenvalue weighted by Gasteiger charge is 2.42. The number of likely N-dealkylation sites (tertiary alicyclic amines) is 2. The van der Waals surface area contributed by atoms with Crippen molar-refractivity contribution < 1.29 is 41.8 Å². The number of alkyl carbamates (subject to hydrolysis) is 2. The maximum atomic E-state index is 13.4. The fourth-order valence-electron chi connectivity index (χ4n) is 7.79. The fourth-order valence-corrected chi connectivity index (χ4v) is 7.79. The number of hydrogen-bond donors (Lipinski definition) is 4. The van der Waals surface area contributed by atoms with E-state index in [1.807, 2.05) is 72.9 Å². The first-order valence-corrected chi connectivity index (χ1v) is 18.8. The Morgan fingerprint density at radius 3 is 1.56 bits per heavy atom. The highest BCUT2D eigenvalue weighted by atomic mass is 19.4. The van der Waals surface area contributed by atoms with Gasteiger partial charge in [0.15, 0.2) is 0 Å². The fraction of sp³-hybridized carbons (Fsp3) is 0.400. The molecule has 2 fully saturated rings. The average Bonchev–Trinajstić information content (AvgIpc) is 4.03. The van der Waals surface area contributed by atoms with Gasteiger partial charge >= 0.3 is 18.4 Å². The quantitative estimate of drug-likeness (QED) is 0.118. The molecule has 0 saturated carbocycles. The Hall–Kier alpha value is -6.13. The van der Waals surface area contributed by atoms with E-state index in [0.29, 0.717) is 48.5 Å². The third-order valence-corrected chi connectivity index (χ3v) is 10.6. The Labute approximate surface area is 325 Å². The van der Waals surface area contributed by atoms with Crippen LogP contribution in [0.2, 0.25) is 0 Å². The minimum atomic E-state index is -4.68. The summed E-state index contributed by atoms with van der Waals surface area (Å²) < 4.78 is 49.2. The lowest BCUT2D eigenvalue weighted by molar-refractivity contribution is -0.154. The smallest absolute Gasteiger partial charge is 0.407 e. The third-order valence-electron chi connectivity index (χ3n) is 10.6. The maximum absolute atomic E-state index is 13.4. The van der Waals surface area contributed by atoms with Gasteiger partial charge in [-0.3, -0.25) is 9.59 Å². The first-order chi connectivity index (χ1) is 27.3. The van der Waals surface area contributed by atoms with Crippen molar-refractivity contribution in [2.75, 3.05) is 27.3 Å². The highest BCUT2D eigenvalue weighted by Crippen LogP contribution is 2.36. The summed E-state index contributed by atoms with van der Waals surface area (Å²) in [5, 5.41) is 4.67. The molecule has 2 saturated heterocycles. The molecule has 300 valence electrons. The lowest BCUT2D eigenvalue weighted by atomic mass is 10.00. The molecule has 4 N–H and O–H groups in total. The monoisotopic (exact) mass is 788 g/mol. The molecule has 0 radical (unpaired) electrons. The summed E-state index contributed by atoms with van der Waals surface area (Å²) in [6, 6.07) is 16.4. The highest BCUT2D eigenvalue weighted by molar-refractivity contribution is 5.88. The number of ether oxygens (including phenoxy) is 2. The molecule has 0 spiro atoms. The first-order valence-electron chi connectivity index (χ1n) is 18.8. The van der Waals surface area contributed by atoms with Crippen molar-refractivity contribution in [2.24, 2.45) is 0 Å². The SMILES string of the molecule is CC[C@H](NC(=O)OC)C(=O)N1CCC[C@H]1c1nc2ccc(-c3ccc(-c4ccc5nc([C@@H]6CCCN6C(=O)[C@H](CC(F)(F)F)NC(=O)OC)[nH]c5c4)cc3)cc2[nH]1. The molecular formula is C40H43F3N8O6. The van der Waals surface area contributed by atoms with E-state index in [0.717, 1.165) is 53.2 Å². The number of carbonyl (C=O) groups excluding carboxylic acids is 4. The van der Waals surface area contributed by atoms with Gasteiger partial charge < -0.3 is 39.9 Å². The standard InChI is InChI=1S/C40H43F3N8O6/c1-4-26(48-38(54)56-2)36(52)50-17-5-7-32(50)34-44-27-15-13-24(19-29(27)46-34)22-9-11-23(12-10-22)25-14-16-28-30(20-25)47-35(45-28)33-8-6-18-51(33)37(53)31(21-40(41,42)43)49-39(55)57-3/h9-16,19-20,26,31-33H,4-8,17-18,21H2,1-3H3,(H,44,46)(H,45,47)(H,48,54)(H,49,55)/t26-,31-,32-,33-/m0/s1. The Bertz CT molecular complexity index is 2290. The molecule has 57 heavy (non-hydrogen) atoms. The van der Waals surface area contributed by atoms with E-state index in [1.54, 1.807) is 4.90 Å². The van der Waals surface area contributed by atoms with Gasteiger partial charge in [-0.05, 0) is 78.6 Å². The lowest BCUT2D eigenvalue weighted by Crippen LogP contribution is -2.50. The number of nitrogens with one attached hydrogen (secondary N) is 4. The van der Waals surface area contributed by atoms with Crippen LogP contribution in [0.4, 0.5) is 22.8 Å². The van der Waals surface area contributed by atoms with E-state index in [2.05, 4.69) is 25.0 Å². The number of fused-ring (bicyclic) bond motifs is 2. The zero-order valence-corrected chi connectivity index (χ0v) is 31.6. The number of alkyl halides is 3. The summed E-state index contributed by atoms with van der Waals surface area (Å²) in [5.41, 5.74) is 6.78. The van der Waals surface area contributed by atoms with Crippen molar-refractivity contribution in [3.8, 4) is 22.3 Å². The molecule has 4 amide bonds. The molecule has 17 heteroatoms. The van der Waals surface area contributed by atoms with Crippen molar-refractivity contribution in [1.82, 2.24) is 40.4 Å². The van der Waals surface area contributed by atoms with Crippen LogP contribution in [-0.4, -0.2) is 99.3 Å². The number of methoxy groups -OCH3 is 2. The molecule has 14 nitrogen and oxygen atoms in total. The molecule has 2 aromatic heterocycles. The van der Waals surface area contributed by atoms with Crippen LogP contribution >= 0.6 is 0 Å². The normalized spacial score (nSPS) is 18.1. The molecule has 3 aromatic carbocycles. The molecule has 0 bridgehead atoms. The summed E-state index contributed by atoms with van der Waals surface area (Å²) in [5.74, 6) is 0.135. The summed E-state index contributed by atoms with van der Waals surface area (Å²) in [6.45, 7) is 2.63. The molecular weight excluding hydrogens is 745 g/mol. The molecule has 4 heterocycles. The van der Waals surface area contributed by atoms with E-state index < -0.39 is 48.8 Å². The predicted molar refractivity (Wildman–Crippen MR) is 204 cm³/mol. The van der Waals surface area contributed by atoms with Gasteiger partial charge in [-0.15, -0.1) is 0 Å².